The Bertz CT molecular complexity index is 260. The van der Waals surface area contributed by atoms with Gasteiger partial charge in [0.15, 0.2) is 0 Å². The van der Waals surface area contributed by atoms with Crippen molar-refractivity contribution < 1.29 is 9.53 Å². The van der Waals surface area contributed by atoms with E-state index >= 15 is 0 Å². The molecule has 0 aromatic rings. The standard InChI is InChI=1S/C15H30N2O2.C2H6/c1-13-11-16(9-7-5-6-8-10-19-4)12-14(2)17(13)15(3)18;1-2/h13-14H,5-12H2,1-4H3;1-2H3. The highest BCUT2D eigenvalue weighted by Gasteiger charge is 2.30. The van der Waals surface area contributed by atoms with Gasteiger partial charge >= 0.3 is 0 Å². The van der Waals surface area contributed by atoms with Crippen molar-refractivity contribution in [3.05, 3.63) is 0 Å². The predicted molar refractivity (Wildman–Crippen MR) is 89.6 cm³/mol. The third-order valence-electron chi connectivity index (χ3n) is 3.93. The van der Waals surface area contributed by atoms with Crippen molar-refractivity contribution in [1.29, 1.82) is 0 Å². The Morgan fingerprint density at radius 2 is 1.57 bits per heavy atom. The van der Waals surface area contributed by atoms with Crippen molar-refractivity contribution in [2.75, 3.05) is 33.4 Å². The molecule has 0 N–H and O–H groups in total. The summed E-state index contributed by atoms with van der Waals surface area (Å²) in [7, 11) is 1.76. The van der Waals surface area contributed by atoms with E-state index in [1.165, 1.54) is 25.7 Å². The van der Waals surface area contributed by atoms with Crippen LogP contribution in [0.5, 0.6) is 0 Å². The van der Waals surface area contributed by atoms with Gasteiger partial charge in [0.25, 0.3) is 0 Å². The number of amides is 1. The summed E-state index contributed by atoms with van der Waals surface area (Å²) in [5, 5.41) is 0. The second-order valence-electron chi connectivity index (χ2n) is 5.79. The van der Waals surface area contributed by atoms with Crippen molar-refractivity contribution in [1.82, 2.24) is 9.80 Å². The Labute approximate surface area is 131 Å². The number of nitrogens with zero attached hydrogens (tertiary/aromatic N) is 2. The van der Waals surface area contributed by atoms with Crippen LogP contribution in [0.2, 0.25) is 0 Å². The van der Waals surface area contributed by atoms with Crippen molar-refractivity contribution >= 4 is 5.91 Å². The van der Waals surface area contributed by atoms with E-state index in [4.69, 9.17) is 4.74 Å². The van der Waals surface area contributed by atoms with E-state index in [1.807, 2.05) is 18.7 Å². The molecule has 1 aliphatic rings. The summed E-state index contributed by atoms with van der Waals surface area (Å²) in [5.74, 6) is 0.208. The fourth-order valence-electron chi connectivity index (χ4n) is 3.17. The summed E-state index contributed by atoms with van der Waals surface area (Å²) in [4.78, 5) is 16.1. The van der Waals surface area contributed by atoms with Crippen LogP contribution >= 0.6 is 0 Å². The lowest BCUT2D eigenvalue weighted by atomic mass is 10.1. The first kappa shape index (κ1) is 20.4. The minimum Gasteiger partial charge on any atom is -0.385 e. The second-order valence-corrected chi connectivity index (χ2v) is 5.79. The molecule has 1 fully saturated rings. The number of unbranched alkanes of at least 4 members (excludes halogenated alkanes) is 3. The molecule has 1 aliphatic heterocycles. The number of ether oxygens (including phenoxy) is 1. The number of rotatable bonds is 7. The first-order valence-corrected chi connectivity index (χ1v) is 8.56. The largest absolute Gasteiger partial charge is 0.385 e. The van der Waals surface area contributed by atoms with Crippen LogP contribution in [0.1, 0.15) is 60.3 Å². The van der Waals surface area contributed by atoms with Gasteiger partial charge in [-0.05, 0) is 33.2 Å². The molecular formula is C17H36N2O2. The number of carbonyl (C=O) groups is 1. The predicted octanol–water partition coefficient (Wildman–Crippen LogP) is 3.16. The van der Waals surface area contributed by atoms with Gasteiger partial charge < -0.3 is 9.64 Å². The monoisotopic (exact) mass is 300 g/mol. The van der Waals surface area contributed by atoms with Crippen molar-refractivity contribution in [2.45, 2.75) is 72.4 Å². The molecular weight excluding hydrogens is 264 g/mol. The summed E-state index contributed by atoms with van der Waals surface area (Å²) >= 11 is 0. The van der Waals surface area contributed by atoms with Crippen LogP contribution < -0.4 is 0 Å². The number of hydrogen-bond acceptors (Lipinski definition) is 3. The number of hydrogen-bond donors (Lipinski definition) is 0. The maximum atomic E-state index is 11.6. The summed E-state index contributed by atoms with van der Waals surface area (Å²) in [5.41, 5.74) is 0. The van der Waals surface area contributed by atoms with E-state index < -0.39 is 0 Å². The zero-order valence-corrected chi connectivity index (χ0v) is 15.0. The lowest BCUT2D eigenvalue weighted by molar-refractivity contribution is -0.136. The van der Waals surface area contributed by atoms with Gasteiger partial charge in [-0.15, -0.1) is 0 Å². The van der Waals surface area contributed by atoms with Crippen LogP contribution in [0.4, 0.5) is 0 Å². The first-order valence-electron chi connectivity index (χ1n) is 8.56. The van der Waals surface area contributed by atoms with Gasteiger partial charge in [0, 0.05) is 45.8 Å². The fourth-order valence-corrected chi connectivity index (χ4v) is 3.17. The molecule has 4 heteroatoms. The Balaban J connectivity index is 0.00000191. The van der Waals surface area contributed by atoms with Gasteiger partial charge in [-0.1, -0.05) is 26.7 Å². The van der Waals surface area contributed by atoms with Gasteiger partial charge in [0.1, 0.15) is 0 Å². The highest BCUT2D eigenvalue weighted by atomic mass is 16.5. The molecule has 1 saturated heterocycles. The molecule has 0 spiro atoms. The van der Waals surface area contributed by atoms with Crippen LogP contribution in [0, 0.1) is 0 Å². The maximum Gasteiger partial charge on any atom is 0.220 e. The van der Waals surface area contributed by atoms with Gasteiger partial charge in [-0.2, -0.15) is 0 Å². The molecule has 0 aromatic heterocycles. The molecule has 0 bridgehead atoms. The smallest absolute Gasteiger partial charge is 0.220 e. The molecule has 4 nitrogen and oxygen atoms in total. The summed E-state index contributed by atoms with van der Waals surface area (Å²) < 4.78 is 5.05. The molecule has 1 amide bonds. The number of carbonyl (C=O) groups excluding carboxylic acids is 1. The van der Waals surface area contributed by atoms with Gasteiger partial charge in [0.2, 0.25) is 5.91 Å². The third kappa shape index (κ3) is 7.82. The molecule has 1 heterocycles. The quantitative estimate of drug-likeness (QED) is 0.677. The summed E-state index contributed by atoms with van der Waals surface area (Å²) in [6, 6.07) is 0.685. The van der Waals surface area contributed by atoms with Crippen LogP contribution in [0.25, 0.3) is 0 Å². The third-order valence-corrected chi connectivity index (χ3v) is 3.93. The minimum atomic E-state index is 0.208. The van der Waals surface area contributed by atoms with Crippen LogP contribution in [-0.4, -0.2) is 61.1 Å². The molecule has 1 rings (SSSR count). The second kappa shape index (κ2) is 12.0. The van der Waals surface area contributed by atoms with E-state index in [-0.39, 0.29) is 5.91 Å². The van der Waals surface area contributed by atoms with Crippen LogP contribution in [0.15, 0.2) is 0 Å². The molecule has 126 valence electrons. The Morgan fingerprint density at radius 1 is 1.05 bits per heavy atom. The van der Waals surface area contributed by atoms with E-state index in [0.29, 0.717) is 12.1 Å². The van der Waals surface area contributed by atoms with Gasteiger partial charge in [-0.3, -0.25) is 9.69 Å². The molecule has 0 radical (unpaired) electrons. The van der Waals surface area contributed by atoms with Gasteiger partial charge in [0.05, 0.1) is 0 Å². The Kier molecular flexibility index (Phi) is 11.6. The van der Waals surface area contributed by atoms with Crippen LogP contribution in [-0.2, 0) is 9.53 Å². The first-order chi connectivity index (χ1) is 10.1. The molecule has 21 heavy (non-hydrogen) atoms. The van der Waals surface area contributed by atoms with Gasteiger partial charge in [-0.25, -0.2) is 0 Å². The molecule has 2 unspecified atom stereocenters. The SMILES string of the molecule is CC.COCCCCCCN1CC(C)N(C(C)=O)C(C)C1. The van der Waals surface area contributed by atoms with E-state index in [2.05, 4.69) is 18.7 Å². The fraction of sp³-hybridized carbons (Fsp3) is 0.941. The zero-order chi connectivity index (χ0) is 16.3. The maximum absolute atomic E-state index is 11.6. The number of methoxy groups -OCH3 is 1. The average Bonchev–Trinajstić information content (AvgIpc) is 2.43. The molecule has 0 aromatic carbocycles. The lowest BCUT2D eigenvalue weighted by Crippen LogP contribution is -2.58. The summed E-state index contributed by atoms with van der Waals surface area (Å²) in [6.07, 6.45) is 4.95. The molecule has 0 aliphatic carbocycles. The molecule has 0 saturated carbocycles. The minimum absolute atomic E-state index is 0.208. The normalized spacial score (nSPS) is 22.7. The highest BCUT2D eigenvalue weighted by Crippen LogP contribution is 2.16. The van der Waals surface area contributed by atoms with Crippen molar-refractivity contribution in [3.8, 4) is 0 Å². The highest BCUT2D eigenvalue weighted by molar-refractivity contribution is 5.74. The molecule has 2 atom stereocenters. The number of piperazine rings is 1. The average molecular weight is 300 g/mol. The van der Waals surface area contributed by atoms with Crippen LogP contribution in [0.3, 0.4) is 0 Å². The van der Waals surface area contributed by atoms with Crippen molar-refractivity contribution in [2.24, 2.45) is 0 Å². The van der Waals surface area contributed by atoms with E-state index in [1.54, 1.807) is 14.0 Å². The van der Waals surface area contributed by atoms with E-state index in [9.17, 15) is 4.79 Å². The zero-order valence-electron chi connectivity index (χ0n) is 15.0. The Morgan fingerprint density at radius 3 is 2.05 bits per heavy atom. The Hall–Kier alpha value is -0.610. The topological polar surface area (TPSA) is 32.8 Å². The summed E-state index contributed by atoms with van der Waals surface area (Å²) in [6.45, 7) is 14.1. The van der Waals surface area contributed by atoms with Crippen molar-refractivity contribution in [3.63, 3.8) is 0 Å². The lowest BCUT2D eigenvalue weighted by Gasteiger charge is -2.44. The van der Waals surface area contributed by atoms with E-state index in [0.717, 1.165) is 26.2 Å².